The molecule has 0 saturated heterocycles. The molecule has 0 aliphatic heterocycles. The van der Waals surface area contributed by atoms with Gasteiger partial charge < -0.3 is 10.6 Å². The molecule has 1 amide bonds. The molecule has 3 heteroatoms. The van der Waals surface area contributed by atoms with Crippen molar-refractivity contribution >= 4 is 5.91 Å². The summed E-state index contributed by atoms with van der Waals surface area (Å²) in [7, 11) is 0. The molecule has 2 N–H and O–H groups in total. The summed E-state index contributed by atoms with van der Waals surface area (Å²) in [6.45, 7) is 5.77. The molecular formula is C10H20N2O. The minimum atomic E-state index is 0.155. The molecule has 3 nitrogen and oxygen atoms in total. The predicted molar refractivity (Wildman–Crippen MR) is 53.5 cm³/mol. The van der Waals surface area contributed by atoms with Gasteiger partial charge in [-0.2, -0.15) is 0 Å². The Balaban J connectivity index is 1.92. The number of hydrogen-bond acceptors (Lipinski definition) is 2. The molecule has 0 aromatic carbocycles. The standard InChI is InChI=1S/C10H20N2O/c1-3-11-10(13)4-5-12-9-6-8(2)7-9/h8-9,12H,3-7H2,1-2H3,(H,11,13). The van der Waals surface area contributed by atoms with Gasteiger partial charge in [-0.25, -0.2) is 0 Å². The number of rotatable bonds is 5. The second-order valence-corrected chi connectivity index (χ2v) is 3.93. The van der Waals surface area contributed by atoms with Crippen LogP contribution in [0.2, 0.25) is 0 Å². The number of carbonyl (C=O) groups is 1. The van der Waals surface area contributed by atoms with Gasteiger partial charge in [0.25, 0.3) is 0 Å². The van der Waals surface area contributed by atoms with E-state index in [2.05, 4.69) is 17.6 Å². The lowest BCUT2D eigenvalue weighted by Crippen LogP contribution is -2.41. The first-order chi connectivity index (χ1) is 6.22. The summed E-state index contributed by atoms with van der Waals surface area (Å²) in [5.41, 5.74) is 0. The van der Waals surface area contributed by atoms with Gasteiger partial charge in [0.1, 0.15) is 0 Å². The molecule has 0 atom stereocenters. The van der Waals surface area contributed by atoms with Crippen LogP contribution >= 0.6 is 0 Å². The van der Waals surface area contributed by atoms with Crippen LogP contribution in [0.1, 0.15) is 33.1 Å². The fourth-order valence-corrected chi connectivity index (χ4v) is 1.74. The maximum absolute atomic E-state index is 11.0. The number of carbonyl (C=O) groups excluding carboxylic acids is 1. The molecule has 0 aromatic rings. The molecule has 1 fully saturated rings. The van der Waals surface area contributed by atoms with E-state index in [1.807, 2.05) is 6.92 Å². The van der Waals surface area contributed by atoms with Crippen molar-refractivity contribution in [3.05, 3.63) is 0 Å². The van der Waals surface area contributed by atoms with Gasteiger partial charge in [0.05, 0.1) is 0 Å². The Labute approximate surface area is 80.3 Å². The lowest BCUT2D eigenvalue weighted by molar-refractivity contribution is -0.120. The second kappa shape index (κ2) is 5.22. The highest BCUT2D eigenvalue weighted by atomic mass is 16.1. The Bertz CT molecular complexity index is 164. The van der Waals surface area contributed by atoms with Crippen LogP contribution in [0.25, 0.3) is 0 Å². The molecule has 1 aliphatic carbocycles. The maximum Gasteiger partial charge on any atom is 0.221 e. The highest BCUT2D eigenvalue weighted by Gasteiger charge is 2.24. The van der Waals surface area contributed by atoms with Crippen molar-refractivity contribution in [3.8, 4) is 0 Å². The lowest BCUT2D eigenvalue weighted by atomic mass is 9.82. The average molecular weight is 184 g/mol. The van der Waals surface area contributed by atoms with Gasteiger partial charge in [-0.15, -0.1) is 0 Å². The highest BCUT2D eigenvalue weighted by molar-refractivity contribution is 5.75. The molecule has 0 bridgehead atoms. The van der Waals surface area contributed by atoms with Crippen molar-refractivity contribution in [2.75, 3.05) is 13.1 Å². The normalized spacial score (nSPS) is 26.6. The molecular weight excluding hydrogens is 164 g/mol. The van der Waals surface area contributed by atoms with E-state index < -0.39 is 0 Å². The van der Waals surface area contributed by atoms with Crippen LogP contribution in [0.4, 0.5) is 0 Å². The third-order valence-electron chi connectivity index (χ3n) is 2.53. The van der Waals surface area contributed by atoms with E-state index in [1.54, 1.807) is 0 Å². The topological polar surface area (TPSA) is 41.1 Å². The van der Waals surface area contributed by atoms with E-state index in [1.165, 1.54) is 12.8 Å². The highest BCUT2D eigenvalue weighted by Crippen LogP contribution is 2.25. The lowest BCUT2D eigenvalue weighted by Gasteiger charge is -2.33. The molecule has 1 rings (SSSR count). The SMILES string of the molecule is CCNC(=O)CCNC1CC(C)C1. The quantitative estimate of drug-likeness (QED) is 0.666. The van der Waals surface area contributed by atoms with Gasteiger partial charge in [-0.1, -0.05) is 6.92 Å². The van der Waals surface area contributed by atoms with Crippen LogP contribution in [-0.2, 0) is 4.79 Å². The third-order valence-corrected chi connectivity index (χ3v) is 2.53. The summed E-state index contributed by atoms with van der Waals surface area (Å²) in [4.78, 5) is 11.0. The first kappa shape index (κ1) is 10.5. The van der Waals surface area contributed by atoms with E-state index >= 15 is 0 Å². The van der Waals surface area contributed by atoms with Crippen LogP contribution in [0.5, 0.6) is 0 Å². The summed E-state index contributed by atoms with van der Waals surface area (Å²) in [6, 6.07) is 0.671. The van der Waals surface area contributed by atoms with Gasteiger partial charge in [-0.3, -0.25) is 4.79 Å². The molecule has 1 aliphatic rings. The first-order valence-corrected chi connectivity index (χ1v) is 5.22. The molecule has 0 spiro atoms. The van der Waals surface area contributed by atoms with Gasteiger partial charge in [0.2, 0.25) is 5.91 Å². The molecule has 0 aromatic heterocycles. The average Bonchev–Trinajstić information content (AvgIpc) is 2.01. The van der Waals surface area contributed by atoms with E-state index in [0.717, 1.165) is 19.0 Å². The summed E-state index contributed by atoms with van der Waals surface area (Å²) in [5.74, 6) is 1.03. The van der Waals surface area contributed by atoms with Crippen LogP contribution < -0.4 is 10.6 Å². The van der Waals surface area contributed by atoms with Crippen LogP contribution in [-0.4, -0.2) is 25.0 Å². The smallest absolute Gasteiger partial charge is 0.221 e. The minimum absolute atomic E-state index is 0.155. The fourth-order valence-electron chi connectivity index (χ4n) is 1.74. The van der Waals surface area contributed by atoms with Crippen molar-refractivity contribution in [1.82, 2.24) is 10.6 Å². The van der Waals surface area contributed by atoms with E-state index in [-0.39, 0.29) is 5.91 Å². The Morgan fingerprint density at radius 2 is 2.15 bits per heavy atom. The minimum Gasteiger partial charge on any atom is -0.356 e. The van der Waals surface area contributed by atoms with Gasteiger partial charge in [-0.05, 0) is 25.7 Å². The number of hydrogen-bond donors (Lipinski definition) is 2. The second-order valence-electron chi connectivity index (χ2n) is 3.93. The zero-order valence-corrected chi connectivity index (χ0v) is 8.60. The predicted octanol–water partition coefficient (Wildman–Crippen LogP) is 0.901. The molecule has 0 unspecified atom stereocenters. The monoisotopic (exact) mass is 184 g/mol. The molecule has 13 heavy (non-hydrogen) atoms. The van der Waals surface area contributed by atoms with Crippen LogP contribution in [0.3, 0.4) is 0 Å². The van der Waals surface area contributed by atoms with E-state index in [4.69, 9.17) is 0 Å². The fraction of sp³-hybridized carbons (Fsp3) is 0.900. The molecule has 0 heterocycles. The first-order valence-electron chi connectivity index (χ1n) is 5.22. The summed E-state index contributed by atoms with van der Waals surface area (Å²) < 4.78 is 0. The Hall–Kier alpha value is -0.570. The third kappa shape index (κ3) is 3.77. The van der Waals surface area contributed by atoms with E-state index in [0.29, 0.717) is 12.5 Å². The largest absolute Gasteiger partial charge is 0.356 e. The zero-order valence-electron chi connectivity index (χ0n) is 8.60. The van der Waals surface area contributed by atoms with Crippen molar-refractivity contribution in [1.29, 1.82) is 0 Å². The maximum atomic E-state index is 11.0. The van der Waals surface area contributed by atoms with Gasteiger partial charge in [0, 0.05) is 25.6 Å². The summed E-state index contributed by atoms with van der Waals surface area (Å²) >= 11 is 0. The Morgan fingerprint density at radius 1 is 1.46 bits per heavy atom. The summed E-state index contributed by atoms with van der Waals surface area (Å²) in [5, 5.41) is 6.16. The number of nitrogens with one attached hydrogen (secondary N) is 2. The molecule has 0 radical (unpaired) electrons. The van der Waals surface area contributed by atoms with Crippen molar-refractivity contribution < 1.29 is 4.79 Å². The Kier molecular flexibility index (Phi) is 4.22. The van der Waals surface area contributed by atoms with E-state index in [9.17, 15) is 4.79 Å². The van der Waals surface area contributed by atoms with Crippen LogP contribution in [0, 0.1) is 5.92 Å². The van der Waals surface area contributed by atoms with Crippen molar-refractivity contribution in [2.24, 2.45) is 5.92 Å². The summed E-state index contributed by atoms with van der Waals surface area (Å²) in [6.07, 6.45) is 3.16. The number of amides is 1. The Morgan fingerprint density at radius 3 is 2.69 bits per heavy atom. The van der Waals surface area contributed by atoms with Gasteiger partial charge in [0.15, 0.2) is 0 Å². The zero-order chi connectivity index (χ0) is 9.68. The van der Waals surface area contributed by atoms with Crippen LogP contribution in [0.15, 0.2) is 0 Å². The van der Waals surface area contributed by atoms with Crippen molar-refractivity contribution in [3.63, 3.8) is 0 Å². The van der Waals surface area contributed by atoms with Gasteiger partial charge >= 0.3 is 0 Å². The molecule has 1 saturated carbocycles. The molecule has 76 valence electrons. The van der Waals surface area contributed by atoms with Crippen molar-refractivity contribution in [2.45, 2.75) is 39.2 Å².